The van der Waals surface area contributed by atoms with E-state index in [2.05, 4.69) is 26.8 Å². The summed E-state index contributed by atoms with van der Waals surface area (Å²) in [6.45, 7) is 8.55. The minimum Gasteiger partial charge on any atom is -0.386 e. The first-order valence-corrected chi connectivity index (χ1v) is 6.90. The standard InChI is InChI=1S/C15H26O2/c1-11(5-6-13-14(2,3)17-13)12-7-9-15(4,16)10-8-12/h7,9,11-13,16H,5-6,8,10H2,1-4H3/t11-,12-,13+,15-/m0/s1. The lowest BCUT2D eigenvalue weighted by atomic mass is 9.78. The summed E-state index contributed by atoms with van der Waals surface area (Å²) in [5.74, 6) is 1.33. The van der Waals surface area contributed by atoms with Crippen molar-refractivity contribution in [2.75, 3.05) is 0 Å². The molecular formula is C15H26O2. The number of ether oxygens (including phenoxy) is 1. The summed E-state index contributed by atoms with van der Waals surface area (Å²) in [4.78, 5) is 0. The molecule has 0 saturated carbocycles. The fraction of sp³-hybridized carbons (Fsp3) is 0.867. The normalized spacial score (nSPS) is 41.2. The number of aliphatic hydroxyl groups is 1. The molecule has 2 aliphatic rings. The molecule has 2 heteroatoms. The zero-order valence-corrected chi connectivity index (χ0v) is 11.6. The van der Waals surface area contributed by atoms with Crippen LogP contribution in [0.25, 0.3) is 0 Å². The first-order valence-electron chi connectivity index (χ1n) is 6.90. The number of epoxide rings is 1. The van der Waals surface area contributed by atoms with Crippen molar-refractivity contribution in [1.82, 2.24) is 0 Å². The maximum atomic E-state index is 9.86. The minimum atomic E-state index is -0.572. The van der Waals surface area contributed by atoms with Crippen LogP contribution in [-0.2, 0) is 4.74 Å². The average Bonchev–Trinajstić information content (AvgIpc) is 2.83. The third kappa shape index (κ3) is 3.32. The Bertz CT molecular complexity index is 304. The lowest BCUT2D eigenvalue weighted by Crippen LogP contribution is -2.27. The molecule has 2 nitrogen and oxygen atoms in total. The Morgan fingerprint density at radius 3 is 2.53 bits per heavy atom. The van der Waals surface area contributed by atoms with E-state index in [9.17, 15) is 5.11 Å². The molecule has 0 spiro atoms. The third-order valence-corrected chi connectivity index (χ3v) is 4.47. The largest absolute Gasteiger partial charge is 0.386 e. The summed E-state index contributed by atoms with van der Waals surface area (Å²) in [5, 5.41) is 9.86. The van der Waals surface area contributed by atoms with Gasteiger partial charge in [-0.05, 0) is 58.3 Å². The molecule has 0 aromatic heterocycles. The molecular weight excluding hydrogens is 212 g/mol. The molecule has 0 radical (unpaired) electrons. The summed E-state index contributed by atoms with van der Waals surface area (Å²) in [6, 6.07) is 0. The van der Waals surface area contributed by atoms with Crippen LogP contribution in [0.3, 0.4) is 0 Å². The molecule has 1 fully saturated rings. The van der Waals surface area contributed by atoms with Gasteiger partial charge in [-0.2, -0.15) is 0 Å². The van der Waals surface area contributed by atoms with Crippen molar-refractivity contribution in [3.63, 3.8) is 0 Å². The Balaban J connectivity index is 1.76. The Kier molecular flexibility index (Phi) is 3.39. The van der Waals surface area contributed by atoms with E-state index in [1.54, 1.807) is 0 Å². The van der Waals surface area contributed by atoms with Crippen molar-refractivity contribution < 1.29 is 9.84 Å². The monoisotopic (exact) mass is 238 g/mol. The van der Waals surface area contributed by atoms with Gasteiger partial charge in [-0.25, -0.2) is 0 Å². The van der Waals surface area contributed by atoms with Crippen LogP contribution < -0.4 is 0 Å². The van der Waals surface area contributed by atoms with Crippen molar-refractivity contribution in [2.24, 2.45) is 11.8 Å². The molecule has 0 aromatic carbocycles. The van der Waals surface area contributed by atoms with Gasteiger partial charge in [0.1, 0.15) is 0 Å². The quantitative estimate of drug-likeness (QED) is 0.602. The Morgan fingerprint density at radius 2 is 2.06 bits per heavy atom. The molecule has 1 heterocycles. The second-order valence-electron chi connectivity index (χ2n) is 6.68. The van der Waals surface area contributed by atoms with Crippen molar-refractivity contribution in [2.45, 2.75) is 70.7 Å². The number of allylic oxidation sites excluding steroid dienone is 1. The highest BCUT2D eigenvalue weighted by Crippen LogP contribution is 2.40. The summed E-state index contributed by atoms with van der Waals surface area (Å²) in [7, 11) is 0. The maximum absolute atomic E-state index is 9.86. The molecule has 1 aliphatic carbocycles. The highest BCUT2D eigenvalue weighted by molar-refractivity contribution is 5.06. The second-order valence-corrected chi connectivity index (χ2v) is 6.68. The maximum Gasteiger partial charge on any atom is 0.0892 e. The molecule has 0 aromatic rings. The van der Waals surface area contributed by atoms with Crippen LogP contribution in [-0.4, -0.2) is 22.4 Å². The van der Waals surface area contributed by atoms with Crippen LogP contribution in [0.1, 0.15) is 53.4 Å². The average molecular weight is 238 g/mol. The predicted octanol–water partition coefficient (Wildman–Crippen LogP) is 3.30. The molecule has 1 N–H and O–H groups in total. The number of hydrogen-bond acceptors (Lipinski definition) is 2. The van der Waals surface area contributed by atoms with Crippen molar-refractivity contribution >= 4 is 0 Å². The molecule has 0 bridgehead atoms. The zero-order chi connectivity index (χ0) is 12.7. The summed E-state index contributed by atoms with van der Waals surface area (Å²) < 4.78 is 5.62. The number of hydrogen-bond donors (Lipinski definition) is 1. The van der Waals surface area contributed by atoms with E-state index in [0.717, 1.165) is 12.8 Å². The van der Waals surface area contributed by atoms with Crippen LogP contribution >= 0.6 is 0 Å². The van der Waals surface area contributed by atoms with Crippen molar-refractivity contribution in [1.29, 1.82) is 0 Å². The Morgan fingerprint density at radius 1 is 1.41 bits per heavy atom. The highest BCUT2D eigenvalue weighted by Gasteiger charge is 2.47. The number of rotatable bonds is 4. The van der Waals surface area contributed by atoms with Crippen LogP contribution in [0.2, 0.25) is 0 Å². The topological polar surface area (TPSA) is 32.8 Å². The minimum absolute atomic E-state index is 0.131. The fourth-order valence-electron chi connectivity index (χ4n) is 2.81. The van der Waals surface area contributed by atoms with Crippen LogP contribution in [0.5, 0.6) is 0 Å². The van der Waals surface area contributed by atoms with Gasteiger partial charge in [0.25, 0.3) is 0 Å². The van der Waals surface area contributed by atoms with Gasteiger partial charge in [0.15, 0.2) is 0 Å². The molecule has 98 valence electrons. The highest BCUT2D eigenvalue weighted by atomic mass is 16.6. The van der Waals surface area contributed by atoms with Gasteiger partial charge >= 0.3 is 0 Å². The molecule has 1 aliphatic heterocycles. The third-order valence-electron chi connectivity index (χ3n) is 4.47. The van der Waals surface area contributed by atoms with E-state index in [4.69, 9.17) is 4.74 Å². The van der Waals surface area contributed by atoms with Gasteiger partial charge in [0.05, 0.1) is 17.3 Å². The summed E-state index contributed by atoms with van der Waals surface area (Å²) >= 11 is 0. The van der Waals surface area contributed by atoms with Crippen LogP contribution in [0, 0.1) is 11.8 Å². The predicted molar refractivity (Wildman–Crippen MR) is 69.8 cm³/mol. The summed E-state index contributed by atoms with van der Waals surface area (Å²) in [6.07, 6.45) is 9.08. The second kappa shape index (κ2) is 4.40. The molecule has 0 unspecified atom stereocenters. The van der Waals surface area contributed by atoms with E-state index < -0.39 is 5.60 Å². The molecule has 0 amide bonds. The smallest absolute Gasteiger partial charge is 0.0892 e. The van der Waals surface area contributed by atoms with Gasteiger partial charge in [0, 0.05) is 0 Å². The van der Waals surface area contributed by atoms with Gasteiger partial charge in [-0.1, -0.05) is 19.1 Å². The van der Waals surface area contributed by atoms with E-state index >= 15 is 0 Å². The zero-order valence-electron chi connectivity index (χ0n) is 11.6. The van der Waals surface area contributed by atoms with E-state index in [1.807, 2.05) is 13.0 Å². The molecule has 1 saturated heterocycles. The van der Waals surface area contributed by atoms with Gasteiger partial charge in [0.2, 0.25) is 0 Å². The molecule has 17 heavy (non-hydrogen) atoms. The van der Waals surface area contributed by atoms with E-state index in [-0.39, 0.29) is 5.60 Å². The van der Waals surface area contributed by atoms with Gasteiger partial charge in [-0.3, -0.25) is 0 Å². The SMILES string of the molecule is C[C@@H](CC[C@H]1OC1(C)C)[C@H]1C=C[C@](C)(O)CC1. The Labute approximate surface area is 105 Å². The lowest BCUT2D eigenvalue weighted by molar-refractivity contribution is 0.0830. The molecule has 4 atom stereocenters. The lowest BCUT2D eigenvalue weighted by Gasteiger charge is -2.30. The molecule has 2 rings (SSSR count). The van der Waals surface area contributed by atoms with E-state index in [1.165, 1.54) is 12.8 Å². The Hall–Kier alpha value is -0.340. The van der Waals surface area contributed by atoms with Crippen molar-refractivity contribution in [3.8, 4) is 0 Å². The fourth-order valence-corrected chi connectivity index (χ4v) is 2.81. The van der Waals surface area contributed by atoms with E-state index in [0.29, 0.717) is 17.9 Å². The summed E-state index contributed by atoms with van der Waals surface area (Å²) in [5.41, 5.74) is -0.441. The van der Waals surface area contributed by atoms with Gasteiger partial charge in [-0.15, -0.1) is 0 Å². The first kappa shape index (κ1) is 13.1. The van der Waals surface area contributed by atoms with Crippen LogP contribution in [0.15, 0.2) is 12.2 Å². The van der Waals surface area contributed by atoms with Crippen molar-refractivity contribution in [3.05, 3.63) is 12.2 Å². The first-order chi connectivity index (χ1) is 7.80. The van der Waals surface area contributed by atoms with Crippen LogP contribution in [0.4, 0.5) is 0 Å². The van der Waals surface area contributed by atoms with Gasteiger partial charge < -0.3 is 9.84 Å².